The summed E-state index contributed by atoms with van der Waals surface area (Å²) in [5.74, 6) is 1.85. The van der Waals surface area contributed by atoms with E-state index in [1.807, 2.05) is 18.2 Å². The highest BCUT2D eigenvalue weighted by atomic mass is 32.1. The summed E-state index contributed by atoms with van der Waals surface area (Å²) in [5, 5.41) is 4.67. The summed E-state index contributed by atoms with van der Waals surface area (Å²) < 4.78 is 8.95. The Balaban J connectivity index is 1.15. The van der Waals surface area contributed by atoms with Gasteiger partial charge in [-0.15, -0.1) is 11.3 Å². The molecular formula is C45H27N3OS. The van der Waals surface area contributed by atoms with E-state index in [2.05, 4.69) is 146 Å². The Bertz CT molecular complexity index is 2870. The van der Waals surface area contributed by atoms with Crippen LogP contribution in [-0.4, -0.2) is 15.0 Å². The van der Waals surface area contributed by atoms with Gasteiger partial charge >= 0.3 is 0 Å². The van der Waals surface area contributed by atoms with Crippen molar-refractivity contribution in [1.29, 1.82) is 0 Å². The van der Waals surface area contributed by atoms with Gasteiger partial charge in [-0.2, -0.15) is 0 Å². The van der Waals surface area contributed by atoms with Crippen LogP contribution in [0.3, 0.4) is 0 Å². The molecule has 0 spiro atoms. The summed E-state index contributed by atoms with van der Waals surface area (Å²) in [5.41, 5.74) is 8.94. The van der Waals surface area contributed by atoms with Gasteiger partial charge in [-0.05, 0) is 58.7 Å². The molecule has 0 unspecified atom stereocenters. The summed E-state index contributed by atoms with van der Waals surface area (Å²) in [6.45, 7) is 0. The molecule has 0 aliphatic rings. The number of fused-ring (bicyclic) bond motifs is 6. The second-order valence-corrected chi connectivity index (χ2v) is 13.5. The molecule has 4 nitrogen and oxygen atoms in total. The first kappa shape index (κ1) is 28.6. The number of thiophene rings is 1. The lowest BCUT2D eigenvalue weighted by atomic mass is 9.99. The van der Waals surface area contributed by atoms with Crippen molar-refractivity contribution in [1.82, 2.24) is 15.0 Å². The van der Waals surface area contributed by atoms with Crippen molar-refractivity contribution in [2.45, 2.75) is 0 Å². The minimum absolute atomic E-state index is 0.595. The molecule has 0 aliphatic heterocycles. The van der Waals surface area contributed by atoms with Crippen LogP contribution in [0.2, 0.25) is 0 Å². The highest BCUT2D eigenvalue weighted by Crippen LogP contribution is 2.39. The second kappa shape index (κ2) is 11.6. The molecule has 0 atom stereocenters. The zero-order valence-electron chi connectivity index (χ0n) is 26.7. The van der Waals surface area contributed by atoms with E-state index in [-0.39, 0.29) is 0 Å². The predicted molar refractivity (Wildman–Crippen MR) is 207 cm³/mol. The fourth-order valence-corrected chi connectivity index (χ4v) is 8.07. The maximum Gasteiger partial charge on any atom is 0.164 e. The van der Waals surface area contributed by atoms with Gasteiger partial charge in [0, 0.05) is 47.6 Å². The monoisotopic (exact) mass is 657 g/mol. The van der Waals surface area contributed by atoms with Crippen molar-refractivity contribution in [2.24, 2.45) is 0 Å². The third-order valence-corrected chi connectivity index (χ3v) is 10.5. The fraction of sp³-hybridized carbons (Fsp3) is 0. The molecule has 5 heteroatoms. The first-order valence-corrected chi connectivity index (χ1v) is 17.4. The molecule has 0 radical (unpaired) electrons. The summed E-state index contributed by atoms with van der Waals surface area (Å²) >= 11 is 1.79. The first-order valence-electron chi connectivity index (χ1n) is 16.6. The molecule has 0 amide bonds. The average Bonchev–Trinajstić information content (AvgIpc) is 3.76. The third kappa shape index (κ3) is 4.87. The van der Waals surface area contributed by atoms with E-state index in [1.165, 1.54) is 20.2 Å². The standard InChI is InChI=1S/C45H27N3OS/c1-3-11-28(12-4-1)30-15-9-16-31(25-30)43-46-44(48-45(47-43)33-21-23-36-35-17-7-8-20-40(35)50-41(36)27-33)32-22-24-37-39(26-32)49-38-19-10-18-34(42(37)38)29-13-5-2-6-14-29/h1-27H. The van der Waals surface area contributed by atoms with E-state index < -0.39 is 0 Å². The number of rotatable bonds is 5. The third-order valence-electron chi connectivity index (χ3n) is 9.34. The summed E-state index contributed by atoms with van der Waals surface area (Å²) in [7, 11) is 0. The number of nitrogens with zero attached hydrogens (tertiary/aromatic N) is 3. The summed E-state index contributed by atoms with van der Waals surface area (Å²) in [6, 6.07) is 56.8. The number of hydrogen-bond acceptors (Lipinski definition) is 5. The van der Waals surface area contributed by atoms with Crippen LogP contribution in [0.5, 0.6) is 0 Å². The molecule has 3 aromatic heterocycles. The van der Waals surface area contributed by atoms with Crippen LogP contribution in [0.1, 0.15) is 0 Å². The van der Waals surface area contributed by atoms with Crippen molar-refractivity contribution in [2.75, 3.05) is 0 Å². The Hall–Kier alpha value is -6.43. The molecule has 0 saturated carbocycles. The smallest absolute Gasteiger partial charge is 0.164 e. The van der Waals surface area contributed by atoms with Gasteiger partial charge in [0.15, 0.2) is 17.5 Å². The SMILES string of the molecule is c1ccc(-c2cccc(-c3nc(-c4ccc5c(c4)oc4cccc(-c6ccccc6)c45)nc(-c4ccc5c(c4)sc4ccccc45)n3)c2)cc1. The predicted octanol–water partition coefficient (Wildman–Crippen LogP) is 12.5. The van der Waals surface area contributed by atoms with Crippen molar-refractivity contribution in [3.05, 3.63) is 164 Å². The molecular weight excluding hydrogens is 631 g/mol. The topological polar surface area (TPSA) is 51.8 Å². The first-order chi connectivity index (χ1) is 24.7. The van der Waals surface area contributed by atoms with Gasteiger partial charge in [0.25, 0.3) is 0 Å². The lowest BCUT2D eigenvalue weighted by molar-refractivity contribution is 0.669. The van der Waals surface area contributed by atoms with Crippen molar-refractivity contribution in [3.63, 3.8) is 0 Å². The molecule has 7 aromatic carbocycles. The van der Waals surface area contributed by atoms with Crippen LogP contribution < -0.4 is 0 Å². The Morgan fingerprint density at radius 1 is 0.360 bits per heavy atom. The molecule has 50 heavy (non-hydrogen) atoms. The van der Waals surface area contributed by atoms with E-state index >= 15 is 0 Å². The second-order valence-electron chi connectivity index (χ2n) is 12.4. The number of furan rings is 1. The van der Waals surface area contributed by atoms with Gasteiger partial charge in [-0.3, -0.25) is 0 Å². The number of aromatic nitrogens is 3. The van der Waals surface area contributed by atoms with E-state index in [0.29, 0.717) is 17.5 Å². The lowest BCUT2D eigenvalue weighted by Gasteiger charge is -2.10. The van der Waals surface area contributed by atoms with Gasteiger partial charge in [0.2, 0.25) is 0 Å². The lowest BCUT2D eigenvalue weighted by Crippen LogP contribution is -2.00. The van der Waals surface area contributed by atoms with Gasteiger partial charge in [-0.25, -0.2) is 15.0 Å². The van der Waals surface area contributed by atoms with Crippen LogP contribution in [0.15, 0.2) is 168 Å². The zero-order valence-corrected chi connectivity index (χ0v) is 27.6. The molecule has 0 bridgehead atoms. The highest BCUT2D eigenvalue weighted by Gasteiger charge is 2.17. The van der Waals surface area contributed by atoms with Gasteiger partial charge in [0.05, 0.1) is 0 Å². The quantitative estimate of drug-likeness (QED) is 0.185. The molecule has 10 aromatic rings. The maximum absolute atomic E-state index is 6.48. The summed E-state index contributed by atoms with van der Waals surface area (Å²) in [6.07, 6.45) is 0. The molecule has 234 valence electrons. The fourth-order valence-electron chi connectivity index (χ4n) is 6.92. The Kier molecular flexibility index (Phi) is 6.64. The number of benzene rings is 7. The molecule has 3 heterocycles. The normalized spacial score (nSPS) is 11.6. The van der Waals surface area contributed by atoms with Gasteiger partial charge < -0.3 is 4.42 Å². The largest absolute Gasteiger partial charge is 0.456 e. The van der Waals surface area contributed by atoms with Crippen LogP contribution >= 0.6 is 11.3 Å². The van der Waals surface area contributed by atoms with E-state index in [4.69, 9.17) is 19.4 Å². The van der Waals surface area contributed by atoms with Crippen LogP contribution in [0.4, 0.5) is 0 Å². The van der Waals surface area contributed by atoms with Gasteiger partial charge in [0.1, 0.15) is 11.2 Å². The van der Waals surface area contributed by atoms with Crippen molar-refractivity contribution in [3.8, 4) is 56.4 Å². The number of hydrogen-bond donors (Lipinski definition) is 0. The zero-order chi connectivity index (χ0) is 33.0. The molecule has 10 rings (SSSR count). The van der Waals surface area contributed by atoms with Crippen LogP contribution in [-0.2, 0) is 0 Å². The maximum atomic E-state index is 6.48. The van der Waals surface area contributed by atoms with E-state index in [9.17, 15) is 0 Å². The molecule has 0 fully saturated rings. The van der Waals surface area contributed by atoms with Gasteiger partial charge in [-0.1, -0.05) is 127 Å². The Labute approximate surface area is 292 Å². The molecule has 0 aliphatic carbocycles. The molecule has 0 saturated heterocycles. The van der Waals surface area contributed by atoms with Crippen LogP contribution in [0, 0.1) is 0 Å². The Morgan fingerprint density at radius 3 is 1.72 bits per heavy atom. The Morgan fingerprint density at radius 2 is 0.940 bits per heavy atom. The highest BCUT2D eigenvalue weighted by molar-refractivity contribution is 7.25. The molecule has 0 N–H and O–H groups in total. The van der Waals surface area contributed by atoms with Crippen molar-refractivity contribution >= 4 is 53.4 Å². The minimum Gasteiger partial charge on any atom is -0.456 e. The minimum atomic E-state index is 0.595. The average molecular weight is 658 g/mol. The van der Waals surface area contributed by atoms with E-state index in [0.717, 1.165) is 60.9 Å². The van der Waals surface area contributed by atoms with Crippen LogP contribution in [0.25, 0.3) is 98.5 Å². The van der Waals surface area contributed by atoms with Crippen molar-refractivity contribution < 1.29 is 4.42 Å². The van der Waals surface area contributed by atoms with E-state index in [1.54, 1.807) is 11.3 Å². The summed E-state index contributed by atoms with van der Waals surface area (Å²) in [4.78, 5) is 15.3.